The summed E-state index contributed by atoms with van der Waals surface area (Å²) in [6, 6.07) is 12.2. The van der Waals surface area contributed by atoms with Crippen LogP contribution >= 0.6 is 0 Å². The van der Waals surface area contributed by atoms with Crippen molar-refractivity contribution in [1.29, 1.82) is 0 Å². The molecule has 0 unspecified atom stereocenters. The number of amides is 3. The summed E-state index contributed by atoms with van der Waals surface area (Å²) in [6.45, 7) is 0.388. The van der Waals surface area contributed by atoms with E-state index >= 15 is 0 Å². The fourth-order valence-corrected chi connectivity index (χ4v) is 3.29. The highest BCUT2D eigenvalue weighted by atomic mass is 19.1. The van der Waals surface area contributed by atoms with E-state index in [1.807, 2.05) is 0 Å². The second-order valence-electron chi connectivity index (χ2n) is 7.57. The molecule has 0 saturated carbocycles. The molecule has 0 aliphatic carbocycles. The molecule has 0 aliphatic rings. The molecule has 9 heteroatoms. The van der Waals surface area contributed by atoms with Crippen LogP contribution < -0.4 is 15.7 Å². The summed E-state index contributed by atoms with van der Waals surface area (Å²) >= 11 is 0. The van der Waals surface area contributed by atoms with Crippen LogP contribution in [-0.4, -0.2) is 47.7 Å². The minimum Gasteiger partial charge on any atom is -0.395 e. The predicted octanol–water partition coefficient (Wildman–Crippen LogP) is 2.58. The Hall–Kier alpha value is -3.30. The Balaban J connectivity index is 1.80. The number of aliphatic hydroxyl groups is 1. The maximum absolute atomic E-state index is 13.2. The number of nitrogens with zero attached hydrogens (tertiary/aromatic N) is 1. The Labute approximate surface area is 192 Å². The van der Waals surface area contributed by atoms with E-state index in [1.54, 1.807) is 29.7 Å². The lowest BCUT2D eigenvalue weighted by atomic mass is 10.1. The topological polar surface area (TPSA) is 119 Å². The summed E-state index contributed by atoms with van der Waals surface area (Å²) in [4.78, 5) is 37.3. The van der Waals surface area contributed by atoms with E-state index in [4.69, 9.17) is 5.21 Å². The van der Waals surface area contributed by atoms with Gasteiger partial charge in [-0.05, 0) is 54.8 Å². The first-order chi connectivity index (χ1) is 15.9. The molecule has 2 rings (SSSR count). The number of rotatable bonds is 13. The SMILES string of the molecule is O=C(CCCCCCNC(=O)c1ccc(CC(=O)N(CCO)c2ccc(F)cc2)cc1)NO. The van der Waals surface area contributed by atoms with Gasteiger partial charge in [-0.2, -0.15) is 0 Å². The monoisotopic (exact) mass is 459 g/mol. The highest BCUT2D eigenvalue weighted by Gasteiger charge is 2.16. The van der Waals surface area contributed by atoms with Crippen molar-refractivity contribution in [2.75, 3.05) is 24.6 Å². The van der Waals surface area contributed by atoms with Gasteiger partial charge in [-0.25, -0.2) is 9.87 Å². The van der Waals surface area contributed by atoms with Crippen molar-refractivity contribution in [3.05, 3.63) is 65.5 Å². The molecule has 0 fully saturated rings. The lowest BCUT2D eigenvalue weighted by molar-refractivity contribution is -0.129. The molecular weight excluding hydrogens is 429 g/mol. The Morgan fingerprint density at radius 3 is 2.21 bits per heavy atom. The van der Waals surface area contributed by atoms with Crippen LogP contribution in [0.25, 0.3) is 0 Å². The van der Waals surface area contributed by atoms with Gasteiger partial charge in [0.1, 0.15) is 5.82 Å². The number of carbonyl (C=O) groups excluding carboxylic acids is 3. The molecule has 0 saturated heterocycles. The van der Waals surface area contributed by atoms with Crippen molar-refractivity contribution in [3.63, 3.8) is 0 Å². The first-order valence-corrected chi connectivity index (χ1v) is 10.9. The summed E-state index contributed by atoms with van der Waals surface area (Å²) in [5.74, 6) is -1.26. The Bertz CT molecular complexity index is 903. The largest absolute Gasteiger partial charge is 0.395 e. The minimum atomic E-state index is -0.406. The second-order valence-corrected chi connectivity index (χ2v) is 7.57. The number of hydrogen-bond donors (Lipinski definition) is 4. The van der Waals surface area contributed by atoms with Gasteiger partial charge in [-0.3, -0.25) is 19.6 Å². The summed E-state index contributed by atoms with van der Waals surface area (Å²) in [5.41, 5.74) is 3.30. The molecule has 0 aromatic heterocycles. The second kappa shape index (κ2) is 14.0. The van der Waals surface area contributed by atoms with E-state index in [0.717, 1.165) is 19.3 Å². The zero-order valence-corrected chi connectivity index (χ0v) is 18.4. The lowest BCUT2D eigenvalue weighted by Gasteiger charge is -2.22. The van der Waals surface area contributed by atoms with Gasteiger partial charge >= 0.3 is 0 Å². The van der Waals surface area contributed by atoms with Crippen LogP contribution in [0.3, 0.4) is 0 Å². The molecule has 0 bridgehead atoms. The average molecular weight is 460 g/mol. The predicted molar refractivity (Wildman–Crippen MR) is 121 cm³/mol. The molecule has 2 aromatic carbocycles. The van der Waals surface area contributed by atoms with Gasteiger partial charge < -0.3 is 15.3 Å². The number of hydroxylamine groups is 1. The van der Waals surface area contributed by atoms with Crippen LogP contribution in [0.15, 0.2) is 48.5 Å². The summed E-state index contributed by atoms with van der Waals surface area (Å²) in [7, 11) is 0. The normalized spacial score (nSPS) is 10.5. The van der Waals surface area contributed by atoms with Gasteiger partial charge in [0, 0.05) is 30.8 Å². The summed E-state index contributed by atoms with van der Waals surface area (Å²) < 4.78 is 13.2. The zero-order valence-electron chi connectivity index (χ0n) is 18.4. The van der Waals surface area contributed by atoms with Crippen LogP contribution in [0.4, 0.5) is 10.1 Å². The fraction of sp³-hybridized carbons (Fsp3) is 0.375. The van der Waals surface area contributed by atoms with Crippen LogP contribution in [0, 0.1) is 5.82 Å². The third kappa shape index (κ3) is 8.99. The number of halogens is 1. The molecule has 178 valence electrons. The van der Waals surface area contributed by atoms with Gasteiger partial charge in [0.25, 0.3) is 5.91 Å². The highest BCUT2D eigenvalue weighted by Crippen LogP contribution is 2.17. The first-order valence-electron chi connectivity index (χ1n) is 10.9. The van der Waals surface area contributed by atoms with E-state index in [0.29, 0.717) is 29.8 Å². The van der Waals surface area contributed by atoms with E-state index in [1.165, 1.54) is 29.2 Å². The summed E-state index contributed by atoms with van der Waals surface area (Å²) in [6.07, 6.45) is 3.50. The minimum absolute atomic E-state index is 0.0770. The van der Waals surface area contributed by atoms with Crippen LogP contribution in [0.1, 0.15) is 48.0 Å². The smallest absolute Gasteiger partial charge is 0.251 e. The van der Waals surface area contributed by atoms with Crippen LogP contribution in [0.2, 0.25) is 0 Å². The fourth-order valence-electron chi connectivity index (χ4n) is 3.29. The van der Waals surface area contributed by atoms with Crippen molar-refractivity contribution in [1.82, 2.24) is 10.8 Å². The number of aliphatic hydroxyl groups excluding tert-OH is 1. The molecule has 0 heterocycles. The maximum Gasteiger partial charge on any atom is 0.251 e. The number of unbranched alkanes of at least 4 members (excludes halogenated alkanes) is 3. The maximum atomic E-state index is 13.2. The average Bonchev–Trinajstić information content (AvgIpc) is 2.82. The van der Waals surface area contributed by atoms with Gasteiger partial charge in [-0.15, -0.1) is 0 Å². The Morgan fingerprint density at radius 1 is 0.909 bits per heavy atom. The molecule has 0 atom stereocenters. The Kier molecular flexibility index (Phi) is 11.0. The lowest BCUT2D eigenvalue weighted by Crippen LogP contribution is -2.34. The Morgan fingerprint density at radius 2 is 1.58 bits per heavy atom. The number of benzene rings is 2. The molecule has 2 aromatic rings. The summed E-state index contributed by atoms with van der Waals surface area (Å²) in [5, 5.41) is 20.6. The van der Waals surface area contributed by atoms with Gasteiger partial charge in [-0.1, -0.05) is 25.0 Å². The molecular formula is C24H30FN3O5. The number of hydrogen-bond acceptors (Lipinski definition) is 5. The van der Waals surface area contributed by atoms with Gasteiger partial charge in [0.15, 0.2) is 0 Å². The molecule has 0 radical (unpaired) electrons. The third-order valence-electron chi connectivity index (χ3n) is 5.08. The van der Waals surface area contributed by atoms with E-state index in [9.17, 15) is 23.9 Å². The molecule has 0 spiro atoms. The number of nitrogens with one attached hydrogen (secondary N) is 2. The molecule has 4 N–H and O–H groups in total. The molecule has 8 nitrogen and oxygen atoms in total. The highest BCUT2D eigenvalue weighted by molar-refractivity contribution is 5.96. The molecule has 0 aliphatic heterocycles. The van der Waals surface area contributed by atoms with Gasteiger partial charge in [0.2, 0.25) is 11.8 Å². The standard InChI is InChI=1S/C24H30FN3O5/c25-20-10-12-21(13-11-20)28(15-16-29)23(31)17-18-6-8-19(9-7-18)24(32)26-14-4-2-1-3-5-22(30)27-33/h6-13,29,33H,1-5,14-17H2,(H,26,32)(H,27,30). The zero-order chi connectivity index (χ0) is 24.1. The van der Waals surface area contributed by atoms with Crippen molar-refractivity contribution >= 4 is 23.4 Å². The van der Waals surface area contributed by atoms with Crippen molar-refractivity contribution in [2.45, 2.75) is 38.5 Å². The number of anilines is 1. The van der Waals surface area contributed by atoms with Crippen LogP contribution in [0.5, 0.6) is 0 Å². The molecule has 3 amide bonds. The van der Waals surface area contributed by atoms with E-state index in [-0.39, 0.29) is 37.8 Å². The van der Waals surface area contributed by atoms with E-state index < -0.39 is 11.7 Å². The number of carbonyl (C=O) groups is 3. The first kappa shape index (κ1) is 26.0. The third-order valence-corrected chi connectivity index (χ3v) is 5.08. The molecule has 33 heavy (non-hydrogen) atoms. The van der Waals surface area contributed by atoms with Crippen LogP contribution in [-0.2, 0) is 16.0 Å². The quantitative estimate of drug-likeness (QED) is 0.209. The van der Waals surface area contributed by atoms with Gasteiger partial charge in [0.05, 0.1) is 13.0 Å². The van der Waals surface area contributed by atoms with Crippen molar-refractivity contribution in [2.24, 2.45) is 0 Å². The van der Waals surface area contributed by atoms with Crippen molar-refractivity contribution in [3.8, 4) is 0 Å². The van der Waals surface area contributed by atoms with Crippen molar-refractivity contribution < 1.29 is 29.1 Å². The van der Waals surface area contributed by atoms with E-state index in [2.05, 4.69) is 5.32 Å².